The quantitative estimate of drug-likeness (QED) is 0.608. The van der Waals surface area contributed by atoms with Crippen molar-refractivity contribution in [2.45, 2.75) is 38.6 Å². The number of nitrogens with zero attached hydrogens (tertiary/aromatic N) is 1. The second kappa shape index (κ2) is 5.49. The molecule has 4 rings (SSSR count). The van der Waals surface area contributed by atoms with Gasteiger partial charge in [-0.25, -0.2) is 0 Å². The minimum atomic E-state index is -0.559. The average molecular weight is 344 g/mol. The van der Waals surface area contributed by atoms with Gasteiger partial charge in [0.25, 0.3) is 0 Å². The van der Waals surface area contributed by atoms with Gasteiger partial charge >= 0.3 is 11.9 Å². The summed E-state index contributed by atoms with van der Waals surface area (Å²) in [6.07, 6.45) is 1.35. The van der Waals surface area contributed by atoms with E-state index in [-0.39, 0.29) is 6.04 Å². The van der Waals surface area contributed by atoms with Crippen LogP contribution in [0.5, 0.6) is 0 Å². The van der Waals surface area contributed by atoms with Gasteiger partial charge in [0.1, 0.15) is 0 Å². The fourth-order valence-corrected chi connectivity index (χ4v) is 4.49. The maximum Gasteiger partial charge on any atom is 0.322 e. The first-order valence-electron chi connectivity index (χ1n) is 8.24. The first-order chi connectivity index (χ1) is 11.5. The number of aromatic nitrogens is 1. The summed E-state index contributed by atoms with van der Waals surface area (Å²) in [5.74, 6) is -1.83. The molecule has 0 unspecified atom stereocenters. The number of benzene rings is 1. The monoisotopic (exact) mass is 343 g/mol. The number of rotatable bonds is 2. The summed E-state index contributed by atoms with van der Waals surface area (Å²) in [6, 6.07) is 10.1. The molecule has 0 bridgehead atoms. The van der Waals surface area contributed by atoms with Crippen LogP contribution in [0, 0.1) is 5.92 Å². The molecule has 1 fully saturated rings. The van der Waals surface area contributed by atoms with Gasteiger partial charge in [-0.15, -0.1) is 0 Å². The summed E-state index contributed by atoms with van der Waals surface area (Å²) in [7, 11) is 0. The highest BCUT2D eigenvalue weighted by Gasteiger charge is 2.50. The zero-order chi connectivity index (χ0) is 17.0. The van der Waals surface area contributed by atoms with E-state index in [0.29, 0.717) is 11.4 Å². The van der Waals surface area contributed by atoms with Crippen molar-refractivity contribution < 1.29 is 14.3 Å². The van der Waals surface area contributed by atoms with E-state index in [9.17, 15) is 9.59 Å². The highest BCUT2D eigenvalue weighted by atomic mass is 35.5. The molecule has 2 aliphatic rings. The molecule has 0 N–H and O–H groups in total. The Balaban J connectivity index is 1.99. The zero-order valence-electron chi connectivity index (χ0n) is 13.6. The third-order valence-corrected chi connectivity index (χ3v) is 5.40. The SMILES string of the molecule is CC(C)n1c2c(c(Cl)c1-c1ccccc1)[C@H]1C(=O)OC(=O)[C@H]1CC2. The molecule has 1 aromatic carbocycles. The highest BCUT2D eigenvalue weighted by molar-refractivity contribution is 6.34. The predicted octanol–water partition coefficient (Wildman–Crippen LogP) is 4.12. The van der Waals surface area contributed by atoms with Crippen molar-refractivity contribution in [3.63, 3.8) is 0 Å². The van der Waals surface area contributed by atoms with Crippen LogP contribution in [-0.2, 0) is 20.7 Å². The Labute approximate surface area is 145 Å². The standard InChI is InChI=1S/C19H18ClNO3/c1-10(2)21-13-9-8-12-14(19(23)24-18(12)22)15(13)16(20)17(21)11-6-4-3-5-7-11/h3-7,10,12,14H,8-9H2,1-2H3/t12-,14-/m0/s1. The van der Waals surface area contributed by atoms with E-state index < -0.39 is 23.8 Å². The van der Waals surface area contributed by atoms with E-state index >= 15 is 0 Å². The smallest absolute Gasteiger partial charge is 0.322 e. The molecule has 0 radical (unpaired) electrons. The molecule has 1 aliphatic carbocycles. The average Bonchev–Trinajstić information content (AvgIpc) is 3.03. The number of halogens is 1. The molecule has 1 aromatic heterocycles. The Hall–Kier alpha value is -2.07. The Morgan fingerprint density at radius 1 is 1.17 bits per heavy atom. The predicted molar refractivity (Wildman–Crippen MR) is 90.9 cm³/mol. The van der Waals surface area contributed by atoms with Gasteiger partial charge in [0, 0.05) is 17.3 Å². The maximum atomic E-state index is 12.2. The van der Waals surface area contributed by atoms with Gasteiger partial charge in [0.05, 0.1) is 22.6 Å². The summed E-state index contributed by atoms with van der Waals surface area (Å²) in [6.45, 7) is 4.21. The van der Waals surface area contributed by atoms with Crippen LogP contribution in [0.25, 0.3) is 11.3 Å². The maximum absolute atomic E-state index is 12.2. The van der Waals surface area contributed by atoms with Crippen LogP contribution in [0.1, 0.15) is 43.5 Å². The summed E-state index contributed by atoms with van der Waals surface area (Å²) in [4.78, 5) is 24.2. The molecule has 4 nitrogen and oxygen atoms in total. The topological polar surface area (TPSA) is 48.3 Å². The molecule has 2 aromatic rings. The molecular formula is C19H18ClNO3. The Morgan fingerprint density at radius 3 is 2.54 bits per heavy atom. The van der Waals surface area contributed by atoms with Crippen LogP contribution in [0.2, 0.25) is 5.02 Å². The van der Waals surface area contributed by atoms with E-state index in [1.807, 2.05) is 30.3 Å². The van der Waals surface area contributed by atoms with Gasteiger partial charge in [0.15, 0.2) is 0 Å². The van der Waals surface area contributed by atoms with Crippen LogP contribution < -0.4 is 0 Å². The number of carbonyl (C=O) groups excluding carboxylic acids is 2. The van der Waals surface area contributed by atoms with Crippen molar-refractivity contribution in [2.24, 2.45) is 5.92 Å². The van der Waals surface area contributed by atoms with Gasteiger partial charge < -0.3 is 9.30 Å². The highest BCUT2D eigenvalue weighted by Crippen LogP contribution is 2.50. The third-order valence-electron chi connectivity index (χ3n) is 5.01. The van der Waals surface area contributed by atoms with Crippen molar-refractivity contribution in [3.8, 4) is 11.3 Å². The summed E-state index contributed by atoms with van der Waals surface area (Å²) in [5, 5.41) is 0.575. The lowest BCUT2D eigenvalue weighted by molar-refractivity contribution is -0.153. The molecule has 124 valence electrons. The number of esters is 2. The van der Waals surface area contributed by atoms with Crippen LogP contribution in [0.15, 0.2) is 30.3 Å². The van der Waals surface area contributed by atoms with Crippen LogP contribution >= 0.6 is 11.6 Å². The van der Waals surface area contributed by atoms with Crippen LogP contribution in [0.3, 0.4) is 0 Å². The first-order valence-corrected chi connectivity index (χ1v) is 8.62. The van der Waals surface area contributed by atoms with Crippen LogP contribution in [0.4, 0.5) is 0 Å². The largest absolute Gasteiger partial charge is 0.392 e. The lowest BCUT2D eigenvalue weighted by atomic mass is 9.79. The first kappa shape index (κ1) is 15.5. The fraction of sp³-hybridized carbons (Fsp3) is 0.368. The van der Waals surface area contributed by atoms with Crippen molar-refractivity contribution >= 4 is 23.5 Å². The van der Waals surface area contributed by atoms with E-state index in [4.69, 9.17) is 16.3 Å². The summed E-state index contributed by atoms with van der Waals surface area (Å²) >= 11 is 6.77. The molecule has 5 heteroatoms. The minimum absolute atomic E-state index is 0.200. The second-order valence-electron chi connectivity index (χ2n) is 6.72. The number of hydrogen-bond acceptors (Lipinski definition) is 3. The van der Waals surface area contributed by atoms with E-state index in [0.717, 1.165) is 28.9 Å². The van der Waals surface area contributed by atoms with Gasteiger partial charge in [-0.2, -0.15) is 0 Å². The van der Waals surface area contributed by atoms with E-state index in [1.165, 1.54) is 0 Å². The number of ether oxygens (including phenoxy) is 1. The molecule has 2 heterocycles. The molecule has 1 saturated heterocycles. The van der Waals surface area contributed by atoms with Crippen LogP contribution in [-0.4, -0.2) is 16.5 Å². The lowest BCUT2D eigenvalue weighted by Gasteiger charge is -2.24. The molecule has 0 amide bonds. The molecule has 2 atom stereocenters. The van der Waals surface area contributed by atoms with Gasteiger partial charge in [0.2, 0.25) is 0 Å². The zero-order valence-corrected chi connectivity index (χ0v) is 14.3. The number of hydrogen-bond donors (Lipinski definition) is 0. The van der Waals surface area contributed by atoms with Crippen molar-refractivity contribution in [1.82, 2.24) is 4.57 Å². The Morgan fingerprint density at radius 2 is 1.88 bits per heavy atom. The van der Waals surface area contributed by atoms with Crippen molar-refractivity contribution in [3.05, 3.63) is 46.6 Å². The number of cyclic esters (lactones) is 2. The molecule has 24 heavy (non-hydrogen) atoms. The van der Waals surface area contributed by atoms with Crippen molar-refractivity contribution in [1.29, 1.82) is 0 Å². The Kier molecular flexibility index (Phi) is 3.53. The molecular weight excluding hydrogens is 326 g/mol. The van der Waals surface area contributed by atoms with E-state index in [1.54, 1.807) is 0 Å². The molecule has 1 aliphatic heterocycles. The molecule has 0 saturated carbocycles. The third kappa shape index (κ3) is 2.06. The molecule has 0 spiro atoms. The summed E-state index contributed by atoms with van der Waals surface area (Å²) < 4.78 is 7.10. The summed E-state index contributed by atoms with van der Waals surface area (Å²) in [5.41, 5.74) is 3.78. The van der Waals surface area contributed by atoms with Crippen molar-refractivity contribution in [2.75, 3.05) is 0 Å². The Bertz CT molecular complexity index is 838. The lowest BCUT2D eigenvalue weighted by Crippen LogP contribution is -2.24. The van der Waals surface area contributed by atoms with Gasteiger partial charge in [-0.1, -0.05) is 41.9 Å². The second-order valence-corrected chi connectivity index (χ2v) is 7.09. The minimum Gasteiger partial charge on any atom is -0.392 e. The van der Waals surface area contributed by atoms with E-state index in [2.05, 4.69) is 18.4 Å². The normalized spacial score (nSPS) is 22.5. The van der Waals surface area contributed by atoms with Gasteiger partial charge in [-0.3, -0.25) is 9.59 Å². The number of carbonyl (C=O) groups is 2. The number of fused-ring (bicyclic) bond motifs is 3. The fourth-order valence-electron chi connectivity index (χ4n) is 4.06. The van der Waals surface area contributed by atoms with Gasteiger partial charge in [-0.05, 0) is 32.3 Å².